The molecule has 0 spiro atoms. The van der Waals surface area contributed by atoms with Crippen molar-refractivity contribution in [2.45, 2.75) is 19.3 Å². The van der Waals surface area contributed by atoms with Gasteiger partial charge in [-0.05, 0) is 19.9 Å². The van der Waals surface area contributed by atoms with E-state index in [0.717, 1.165) is 6.07 Å². The van der Waals surface area contributed by atoms with Crippen molar-refractivity contribution in [1.29, 1.82) is 0 Å². The summed E-state index contributed by atoms with van der Waals surface area (Å²) in [6.07, 6.45) is 4.10. The molecule has 128 valence electrons. The van der Waals surface area contributed by atoms with Gasteiger partial charge >= 0.3 is 11.9 Å². The Labute approximate surface area is 143 Å². The number of carbonyl (C=O) groups is 2. The van der Waals surface area contributed by atoms with Gasteiger partial charge in [0.2, 0.25) is 0 Å². The Morgan fingerprint density at radius 2 is 2.04 bits per heavy atom. The fraction of sp³-hybridized carbons (Fsp3) is 0.294. The van der Waals surface area contributed by atoms with Crippen molar-refractivity contribution in [2.24, 2.45) is 5.92 Å². The van der Waals surface area contributed by atoms with E-state index in [0.29, 0.717) is 0 Å². The van der Waals surface area contributed by atoms with Crippen LogP contribution in [0.3, 0.4) is 0 Å². The Morgan fingerprint density at radius 1 is 1.38 bits per heavy atom. The molecule has 0 radical (unpaired) electrons. The van der Waals surface area contributed by atoms with Crippen molar-refractivity contribution in [3.05, 3.63) is 52.3 Å². The standard InChI is InChI=1S/C17H16ClFO5/c1-3-24-14-8-13(19)12(18)7-11(14)17(2)9(15(20)21)5-4-6-10(17)16(22)23/h4-9H,3H2,1-2H3,(H,20,21)(H,22,23). The number of allylic oxidation sites excluding steroid dienone is 2. The second kappa shape index (κ2) is 6.65. The third-order valence-corrected chi connectivity index (χ3v) is 4.42. The van der Waals surface area contributed by atoms with Crippen molar-refractivity contribution >= 4 is 23.5 Å². The first-order valence-electron chi connectivity index (χ1n) is 7.20. The molecule has 0 bridgehead atoms. The fourth-order valence-electron chi connectivity index (χ4n) is 2.94. The van der Waals surface area contributed by atoms with E-state index in [2.05, 4.69) is 0 Å². The van der Waals surface area contributed by atoms with Gasteiger partial charge in [0.05, 0.1) is 17.5 Å². The summed E-state index contributed by atoms with van der Waals surface area (Å²) in [6, 6.07) is 2.27. The molecule has 1 aliphatic carbocycles. The second-order valence-electron chi connectivity index (χ2n) is 5.48. The van der Waals surface area contributed by atoms with E-state index in [-0.39, 0.29) is 28.5 Å². The van der Waals surface area contributed by atoms with Crippen molar-refractivity contribution in [2.75, 3.05) is 6.61 Å². The summed E-state index contributed by atoms with van der Waals surface area (Å²) in [7, 11) is 0. The summed E-state index contributed by atoms with van der Waals surface area (Å²) in [5.74, 6) is -4.31. The van der Waals surface area contributed by atoms with Gasteiger partial charge in [-0.15, -0.1) is 0 Å². The summed E-state index contributed by atoms with van der Waals surface area (Å²) >= 11 is 5.86. The minimum absolute atomic E-state index is 0.0654. The lowest BCUT2D eigenvalue weighted by molar-refractivity contribution is -0.142. The molecule has 0 saturated carbocycles. The highest BCUT2D eigenvalue weighted by molar-refractivity contribution is 6.30. The number of benzene rings is 1. The van der Waals surface area contributed by atoms with Gasteiger partial charge in [0.1, 0.15) is 11.6 Å². The zero-order valence-electron chi connectivity index (χ0n) is 13.0. The molecule has 0 fully saturated rings. The average molecular weight is 355 g/mol. The lowest BCUT2D eigenvalue weighted by Crippen LogP contribution is -2.42. The molecule has 0 saturated heterocycles. The average Bonchev–Trinajstić information content (AvgIpc) is 2.50. The van der Waals surface area contributed by atoms with Crippen LogP contribution < -0.4 is 4.74 Å². The Morgan fingerprint density at radius 3 is 2.58 bits per heavy atom. The minimum Gasteiger partial charge on any atom is -0.493 e. The van der Waals surface area contributed by atoms with Gasteiger partial charge in [0.25, 0.3) is 0 Å². The fourth-order valence-corrected chi connectivity index (χ4v) is 3.10. The number of rotatable bonds is 5. The van der Waals surface area contributed by atoms with E-state index in [1.54, 1.807) is 6.92 Å². The molecule has 2 rings (SSSR count). The molecule has 1 aliphatic rings. The molecule has 24 heavy (non-hydrogen) atoms. The van der Waals surface area contributed by atoms with Crippen LogP contribution >= 0.6 is 11.6 Å². The highest BCUT2D eigenvalue weighted by Gasteiger charge is 2.48. The van der Waals surface area contributed by atoms with Gasteiger partial charge in [0, 0.05) is 22.6 Å². The van der Waals surface area contributed by atoms with Gasteiger partial charge in [0.15, 0.2) is 0 Å². The molecular weight excluding hydrogens is 339 g/mol. The molecule has 1 aromatic rings. The van der Waals surface area contributed by atoms with E-state index in [1.165, 1.54) is 31.2 Å². The van der Waals surface area contributed by atoms with E-state index < -0.39 is 29.1 Å². The highest BCUT2D eigenvalue weighted by Crippen LogP contribution is 2.47. The predicted octanol–water partition coefficient (Wildman–Crippen LogP) is 3.42. The summed E-state index contributed by atoms with van der Waals surface area (Å²) < 4.78 is 19.2. The van der Waals surface area contributed by atoms with Crippen LogP contribution in [0.4, 0.5) is 4.39 Å². The summed E-state index contributed by atoms with van der Waals surface area (Å²) in [4.78, 5) is 23.4. The maximum Gasteiger partial charge on any atom is 0.332 e. The molecule has 0 heterocycles. The van der Waals surface area contributed by atoms with E-state index >= 15 is 0 Å². The highest BCUT2D eigenvalue weighted by atomic mass is 35.5. The van der Waals surface area contributed by atoms with E-state index in [4.69, 9.17) is 16.3 Å². The first-order valence-corrected chi connectivity index (χ1v) is 7.58. The van der Waals surface area contributed by atoms with Crippen LogP contribution in [0.15, 0.2) is 35.9 Å². The van der Waals surface area contributed by atoms with Crippen LogP contribution in [0.25, 0.3) is 0 Å². The van der Waals surface area contributed by atoms with Crippen molar-refractivity contribution in [1.82, 2.24) is 0 Å². The monoisotopic (exact) mass is 354 g/mol. The van der Waals surface area contributed by atoms with Crippen LogP contribution in [0.5, 0.6) is 5.75 Å². The van der Waals surface area contributed by atoms with Gasteiger partial charge in [-0.1, -0.05) is 29.8 Å². The molecule has 2 N–H and O–H groups in total. The molecule has 0 aliphatic heterocycles. The number of halogens is 2. The van der Waals surface area contributed by atoms with Crippen LogP contribution in [-0.2, 0) is 15.0 Å². The maximum absolute atomic E-state index is 13.8. The number of aliphatic carboxylic acids is 2. The van der Waals surface area contributed by atoms with Crippen molar-refractivity contribution in [3.8, 4) is 5.75 Å². The maximum atomic E-state index is 13.8. The topological polar surface area (TPSA) is 83.8 Å². The van der Waals surface area contributed by atoms with Gasteiger partial charge < -0.3 is 14.9 Å². The Hall–Kier alpha value is -2.34. The van der Waals surface area contributed by atoms with Gasteiger partial charge in [-0.3, -0.25) is 4.79 Å². The predicted molar refractivity (Wildman–Crippen MR) is 85.9 cm³/mol. The second-order valence-corrected chi connectivity index (χ2v) is 5.89. The third-order valence-electron chi connectivity index (χ3n) is 4.13. The number of carboxylic acids is 2. The first-order chi connectivity index (χ1) is 11.2. The molecular formula is C17H16ClFO5. The quantitative estimate of drug-likeness (QED) is 0.846. The summed E-state index contributed by atoms with van der Waals surface area (Å²) in [5.41, 5.74) is -1.41. The van der Waals surface area contributed by atoms with E-state index in [9.17, 15) is 24.2 Å². The lowest BCUT2D eigenvalue weighted by atomic mass is 9.64. The Bertz CT molecular complexity index is 756. The van der Waals surface area contributed by atoms with Gasteiger partial charge in [-0.2, -0.15) is 0 Å². The Kier molecular flexibility index (Phi) is 4.99. The zero-order chi connectivity index (χ0) is 18.1. The number of ether oxygens (including phenoxy) is 1. The van der Waals surface area contributed by atoms with Crippen LogP contribution in [0, 0.1) is 11.7 Å². The Balaban J connectivity index is 2.79. The normalized spacial score (nSPS) is 22.8. The van der Waals surface area contributed by atoms with Crippen molar-refractivity contribution in [3.63, 3.8) is 0 Å². The molecule has 0 aromatic heterocycles. The summed E-state index contributed by atoms with van der Waals surface area (Å²) in [5, 5.41) is 18.9. The number of carboxylic acid groups (broad SMARTS) is 2. The molecule has 0 amide bonds. The van der Waals surface area contributed by atoms with Crippen molar-refractivity contribution < 1.29 is 28.9 Å². The minimum atomic E-state index is -1.48. The van der Waals surface area contributed by atoms with Gasteiger partial charge in [-0.25, -0.2) is 9.18 Å². The lowest BCUT2D eigenvalue weighted by Gasteiger charge is -2.37. The molecule has 1 aromatic carbocycles. The van der Waals surface area contributed by atoms with Crippen LogP contribution in [0.1, 0.15) is 19.4 Å². The zero-order valence-corrected chi connectivity index (χ0v) is 13.8. The smallest absolute Gasteiger partial charge is 0.332 e. The molecule has 5 nitrogen and oxygen atoms in total. The third kappa shape index (κ3) is 2.89. The van der Waals surface area contributed by atoms with E-state index in [1.807, 2.05) is 0 Å². The first kappa shape index (κ1) is 18.0. The largest absolute Gasteiger partial charge is 0.493 e. The summed E-state index contributed by atoms with van der Waals surface area (Å²) in [6.45, 7) is 3.35. The number of hydrogen-bond acceptors (Lipinski definition) is 3. The van der Waals surface area contributed by atoms with Crippen LogP contribution in [-0.4, -0.2) is 28.8 Å². The molecule has 2 atom stereocenters. The van der Waals surface area contributed by atoms with Crippen LogP contribution in [0.2, 0.25) is 5.02 Å². The molecule has 7 heteroatoms. The number of hydrogen-bond donors (Lipinski definition) is 2. The molecule has 2 unspecified atom stereocenters. The SMILES string of the molecule is CCOc1cc(F)c(Cl)cc1C1(C)C(C(=O)O)=CC=CC1C(=O)O.